The number of nitrogen functional groups attached to an aromatic ring is 1. The topological polar surface area (TPSA) is 167 Å². The molecule has 2 aromatic heterocycles. The molecule has 220 valence electrons. The van der Waals surface area contributed by atoms with E-state index in [1.165, 1.54) is 17.4 Å². The van der Waals surface area contributed by atoms with E-state index in [2.05, 4.69) is 16.9 Å². The van der Waals surface area contributed by atoms with Crippen LogP contribution < -0.4 is 27.3 Å². The van der Waals surface area contributed by atoms with Gasteiger partial charge >= 0.3 is 0 Å². The van der Waals surface area contributed by atoms with Gasteiger partial charge in [-0.25, -0.2) is 4.98 Å². The molecule has 10 nitrogen and oxygen atoms in total. The van der Waals surface area contributed by atoms with Crippen molar-refractivity contribution >= 4 is 44.7 Å². The summed E-state index contributed by atoms with van der Waals surface area (Å²) >= 11 is 1.19. The van der Waals surface area contributed by atoms with Crippen LogP contribution in [0.4, 0.5) is 5.69 Å². The Kier molecular flexibility index (Phi) is 7.25. The molecule has 0 bridgehead atoms. The van der Waals surface area contributed by atoms with E-state index in [-0.39, 0.29) is 17.9 Å². The first-order chi connectivity index (χ1) is 20.6. The van der Waals surface area contributed by atoms with Gasteiger partial charge in [-0.3, -0.25) is 14.4 Å². The van der Waals surface area contributed by atoms with Crippen molar-refractivity contribution in [3.63, 3.8) is 0 Å². The number of pyridine rings is 1. The van der Waals surface area contributed by atoms with Gasteiger partial charge < -0.3 is 32.2 Å². The highest BCUT2D eigenvalue weighted by Gasteiger charge is 2.49. The van der Waals surface area contributed by atoms with E-state index in [0.29, 0.717) is 74.2 Å². The number of para-hydroxylation sites is 1. The second kappa shape index (κ2) is 10.9. The van der Waals surface area contributed by atoms with Gasteiger partial charge in [0.1, 0.15) is 11.3 Å². The SMILES string of the molecule is C=CC(=O)N1CCCC(NC(=O)c2sc3c(N)ccc4c3c2C(N)C(=O)C4(N)c2ccc(Oc3ccccc3)nc2C)C1. The molecule has 4 aromatic rings. The van der Waals surface area contributed by atoms with Gasteiger partial charge in [0.2, 0.25) is 11.8 Å². The standard InChI is InChI=1S/C32H32N6O4S/c1-3-24(39)38-15-7-8-18(16-38)37-31(41)29-26-25-21(11-13-22(33)28(25)43-29)32(35,30(40)27(26)34)20-12-14-23(36-17(20)2)42-19-9-5-4-6-10-19/h3-6,9-14,18,27H,1,7-8,15-16,33-35H2,2H3,(H,37,41). The minimum absolute atomic E-state index is 0.176. The zero-order chi connectivity index (χ0) is 30.5. The van der Waals surface area contributed by atoms with Gasteiger partial charge in [-0.15, -0.1) is 11.3 Å². The lowest BCUT2D eigenvalue weighted by molar-refractivity contribution is -0.127. The molecule has 0 radical (unpaired) electrons. The third kappa shape index (κ3) is 4.75. The van der Waals surface area contributed by atoms with Gasteiger partial charge in [0.15, 0.2) is 5.78 Å². The number of hydrogen-bond donors (Lipinski definition) is 4. The average molecular weight is 597 g/mol. The predicted octanol–water partition coefficient (Wildman–Crippen LogP) is 3.67. The van der Waals surface area contributed by atoms with Gasteiger partial charge in [0.05, 0.1) is 15.6 Å². The van der Waals surface area contributed by atoms with Crippen LogP contribution in [0.15, 0.2) is 67.3 Å². The molecule has 3 unspecified atom stereocenters. The number of likely N-dealkylation sites (tertiary alicyclic amines) is 1. The summed E-state index contributed by atoms with van der Waals surface area (Å²) in [6.07, 6.45) is 2.74. The molecule has 43 heavy (non-hydrogen) atoms. The maximum absolute atomic E-state index is 14.2. The van der Waals surface area contributed by atoms with E-state index in [1.54, 1.807) is 36.1 Å². The number of benzene rings is 2. The Morgan fingerprint density at radius 1 is 1.16 bits per heavy atom. The summed E-state index contributed by atoms with van der Waals surface area (Å²) in [5.41, 5.74) is 20.8. The molecule has 2 amide bonds. The fourth-order valence-corrected chi connectivity index (χ4v) is 7.33. The van der Waals surface area contributed by atoms with E-state index in [9.17, 15) is 14.4 Å². The Labute approximate surface area is 252 Å². The Balaban J connectivity index is 1.39. The molecule has 1 aliphatic heterocycles. The lowest BCUT2D eigenvalue weighted by Gasteiger charge is -2.37. The molecule has 0 spiro atoms. The Hall–Kier alpha value is -4.58. The number of Topliss-reactive ketones (excluding diaryl/α,β-unsaturated/α-hetero) is 1. The third-order valence-corrected chi connectivity index (χ3v) is 9.47. The second-order valence-electron chi connectivity index (χ2n) is 10.9. The quantitative estimate of drug-likeness (QED) is 0.193. The van der Waals surface area contributed by atoms with Crippen LogP contribution in [0.25, 0.3) is 10.1 Å². The van der Waals surface area contributed by atoms with Crippen molar-refractivity contribution in [2.24, 2.45) is 11.5 Å². The molecule has 2 aromatic carbocycles. The summed E-state index contributed by atoms with van der Waals surface area (Å²) in [5, 5.41) is 3.66. The highest BCUT2D eigenvalue weighted by atomic mass is 32.1. The smallest absolute Gasteiger partial charge is 0.262 e. The van der Waals surface area contributed by atoms with Gasteiger partial charge in [0.25, 0.3) is 5.91 Å². The maximum Gasteiger partial charge on any atom is 0.262 e. The van der Waals surface area contributed by atoms with E-state index in [1.807, 2.05) is 30.3 Å². The van der Waals surface area contributed by atoms with Crippen LogP contribution in [0.3, 0.4) is 0 Å². The molecule has 11 heteroatoms. The van der Waals surface area contributed by atoms with E-state index >= 15 is 0 Å². The summed E-state index contributed by atoms with van der Waals surface area (Å²) < 4.78 is 6.52. The molecule has 6 rings (SSSR count). The average Bonchev–Trinajstić information content (AvgIpc) is 3.42. The van der Waals surface area contributed by atoms with Crippen molar-refractivity contribution in [2.75, 3.05) is 18.8 Å². The predicted molar refractivity (Wildman–Crippen MR) is 166 cm³/mol. The largest absolute Gasteiger partial charge is 0.439 e. The van der Waals surface area contributed by atoms with Crippen molar-refractivity contribution < 1.29 is 19.1 Å². The number of anilines is 1. The number of ketones is 1. The summed E-state index contributed by atoms with van der Waals surface area (Å²) in [6, 6.07) is 14.6. The lowest BCUT2D eigenvalue weighted by atomic mass is 9.70. The Morgan fingerprint density at radius 2 is 1.91 bits per heavy atom. The summed E-state index contributed by atoms with van der Waals surface area (Å²) in [4.78, 5) is 46.6. The zero-order valence-electron chi connectivity index (χ0n) is 23.6. The highest BCUT2D eigenvalue weighted by Crippen LogP contribution is 2.50. The van der Waals surface area contributed by atoms with Gasteiger partial charge in [-0.2, -0.15) is 0 Å². The number of nitrogens with zero attached hydrogens (tertiary/aromatic N) is 2. The first-order valence-corrected chi connectivity index (χ1v) is 14.8. The van der Waals surface area contributed by atoms with E-state index in [4.69, 9.17) is 21.9 Å². The third-order valence-electron chi connectivity index (χ3n) is 8.21. The van der Waals surface area contributed by atoms with E-state index < -0.39 is 17.4 Å². The minimum Gasteiger partial charge on any atom is -0.439 e. The molecule has 3 heterocycles. The number of amides is 2. The van der Waals surface area contributed by atoms with Crippen LogP contribution in [-0.2, 0) is 15.1 Å². The van der Waals surface area contributed by atoms with E-state index in [0.717, 1.165) is 6.42 Å². The number of carbonyl (C=O) groups excluding carboxylic acids is 3. The van der Waals surface area contributed by atoms with Crippen LogP contribution in [-0.4, -0.2) is 46.6 Å². The summed E-state index contributed by atoms with van der Waals surface area (Å²) in [6.45, 7) is 6.31. The normalized spacial score (nSPS) is 21.5. The molecular formula is C32H32N6O4S. The number of piperidine rings is 1. The van der Waals surface area contributed by atoms with Gasteiger partial charge in [-0.1, -0.05) is 30.8 Å². The van der Waals surface area contributed by atoms with Crippen molar-refractivity contribution in [3.05, 3.63) is 94.5 Å². The highest BCUT2D eigenvalue weighted by molar-refractivity contribution is 7.21. The van der Waals surface area contributed by atoms with Crippen LogP contribution >= 0.6 is 11.3 Å². The fraction of sp³-hybridized carbons (Fsp3) is 0.250. The van der Waals surface area contributed by atoms with Crippen LogP contribution in [0.2, 0.25) is 0 Å². The van der Waals surface area contributed by atoms with Crippen molar-refractivity contribution in [1.29, 1.82) is 0 Å². The molecule has 2 aliphatic rings. The van der Waals surface area contributed by atoms with Crippen molar-refractivity contribution in [1.82, 2.24) is 15.2 Å². The number of hydrogen-bond acceptors (Lipinski definition) is 9. The monoisotopic (exact) mass is 596 g/mol. The molecule has 7 N–H and O–H groups in total. The first kappa shape index (κ1) is 28.5. The molecule has 0 saturated carbocycles. The number of ether oxygens (including phenoxy) is 1. The van der Waals surface area contributed by atoms with Crippen LogP contribution in [0.1, 0.15) is 50.9 Å². The Morgan fingerprint density at radius 3 is 2.63 bits per heavy atom. The summed E-state index contributed by atoms with van der Waals surface area (Å²) in [5.74, 6) is -0.0161. The van der Waals surface area contributed by atoms with Crippen molar-refractivity contribution in [3.8, 4) is 11.6 Å². The number of nitrogens with two attached hydrogens (primary N) is 3. The lowest BCUT2D eigenvalue weighted by Crippen LogP contribution is -2.53. The number of aryl methyl sites for hydroxylation is 1. The molecular weight excluding hydrogens is 564 g/mol. The molecule has 1 fully saturated rings. The minimum atomic E-state index is -1.63. The number of aromatic nitrogens is 1. The maximum atomic E-state index is 14.2. The molecule has 1 saturated heterocycles. The van der Waals surface area contributed by atoms with Crippen LogP contribution in [0, 0.1) is 6.92 Å². The zero-order valence-corrected chi connectivity index (χ0v) is 24.4. The van der Waals surface area contributed by atoms with Gasteiger partial charge in [-0.05, 0) is 55.7 Å². The second-order valence-corrected chi connectivity index (χ2v) is 11.9. The number of rotatable bonds is 6. The first-order valence-electron chi connectivity index (χ1n) is 14.0. The van der Waals surface area contributed by atoms with Gasteiger partial charge in [0, 0.05) is 53.1 Å². The Bertz CT molecular complexity index is 1790. The number of nitrogens with one attached hydrogen (secondary N) is 1. The van der Waals surface area contributed by atoms with Crippen molar-refractivity contribution in [2.45, 2.75) is 37.4 Å². The summed E-state index contributed by atoms with van der Waals surface area (Å²) in [7, 11) is 0. The van der Waals surface area contributed by atoms with Crippen LogP contribution in [0.5, 0.6) is 11.6 Å². The molecule has 1 aliphatic carbocycles. The number of carbonyl (C=O) groups is 3. The molecule has 3 atom stereocenters. The number of thiophene rings is 1. The fourth-order valence-electron chi connectivity index (χ4n) is 6.12.